The fraction of sp³-hybridized carbons (Fsp3) is 0.667. The van der Waals surface area contributed by atoms with Crippen LogP contribution in [0.5, 0.6) is 0 Å². The number of aliphatic hydroxyl groups excluding tert-OH is 2. The van der Waals surface area contributed by atoms with E-state index in [9.17, 15) is 43.5 Å². The van der Waals surface area contributed by atoms with Crippen LogP contribution in [0.4, 0.5) is 0 Å². The smallest absolute Gasteiger partial charge is 0.463 e. The van der Waals surface area contributed by atoms with Crippen molar-refractivity contribution in [3.05, 3.63) is 170 Å². The van der Waals surface area contributed by atoms with Gasteiger partial charge in [-0.15, -0.1) is 0 Å². The Morgan fingerprint density at radius 1 is 0.261 bits per heavy atom. The molecule has 0 rings (SSSR count). The number of rotatable bonds is 81. The van der Waals surface area contributed by atoms with Crippen LogP contribution in [0.25, 0.3) is 0 Å². The summed E-state index contributed by atoms with van der Waals surface area (Å²) in [4.78, 5) is 58.8. The molecule has 0 saturated heterocycles. The highest BCUT2D eigenvalue weighted by molar-refractivity contribution is 7.47. The first-order valence-electron chi connectivity index (χ1n) is 43.4. The van der Waals surface area contributed by atoms with Gasteiger partial charge in [0.25, 0.3) is 0 Å². The lowest BCUT2D eigenvalue weighted by atomic mass is 10.0. The summed E-state index contributed by atoms with van der Waals surface area (Å²) in [5.74, 6) is -1.63. The van der Waals surface area contributed by atoms with E-state index in [-0.39, 0.29) is 19.3 Å². The van der Waals surface area contributed by atoms with Crippen LogP contribution >= 0.6 is 15.6 Å². The van der Waals surface area contributed by atoms with Crippen LogP contribution in [0, 0.1) is 0 Å². The minimum absolute atomic E-state index is 0.0647. The molecule has 0 aliphatic carbocycles. The highest BCUT2D eigenvalue weighted by atomic mass is 31.2. The molecule has 0 aromatic heterocycles. The number of carbonyl (C=O) groups excluding carboxylic acids is 3. The molecule has 0 saturated carbocycles. The van der Waals surface area contributed by atoms with Crippen LogP contribution in [0.15, 0.2) is 170 Å². The van der Waals surface area contributed by atoms with Crippen LogP contribution in [0.1, 0.15) is 342 Å². The van der Waals surface area contributed by atoms with Gasteiger partial charge >= 0.3 is 33.6 Å². The predicted molar refractivity (Wildman–Crippen MR) is 463 cm³/mol. The molecule has 0 fully saturated rings. The molecule has 0 aromatic rings. The quantitative estimate of drug-likeness (QED) is 0.0146. The molecule has 111 heavy (non-hydrogen) atoms. The molecule has 4 N–H and O–H groups in total. The minimum Gasteiger partial charge on any atom is -0.463 e. The van der Waals surface area contributed by atoms with Gasteiger partial charge in [0, 0.05) is 19.3 Å². The number of ether oxygens (including phenoxy) is 3. The van der Waals surface area contributed by atoms with Crippen molar-refractivity contribution in [2.45, 2.75) is 360 Å². The van der Waals surface area contributed by atoms with Crippen molar-refractivity contribution >= 4 is 33.6 Å². The molecular weight excluding hydrogens is 1430 g/mol. The lowest BCUT2D eigenvalue weighted by molar-refractivity contribution is -0.161. The largest absolute Gasteiger partial charge is 0.472 e. The average Bonchev–Trinajstić information content (AvgIpc) is 0.904. The molecule has 5 unspecified atom stereocenters. The summed E-state index contributed by atoms with van der Waals surface area (Å²) < 4.78 is 61.2. The number of phosphoric ester groups is 2. The molecule has 0 aliphatic heterocycles. The first-order valence-corrected chi connectivity index (χ1v) is 46.4. The van der Waals surface area contributed by atoms with E-state index in [1.165, 1.54) is 128 Å². The highest BCUT2D eigenvalue weighted by Crippen LogP contribution is 2.45. The topological polar surface area (TPSA) is 231 Å². The van der Waals surface area contributed by atoms with Gasteiger partial charge in [0.05, 0.1) is 26.4 Å². The van der Waals surface area contributed by atoms with Gasteiger partial charge in [0.1, 0.15) is 25.4 Å². The SMILES string of the molecule is CC/C=C\C/C=C\C/C=C\C/C=C\C/C=C\C/C=C\CCCCCCC(=O)OCC(COP(=O)(O)OCC(O)COP(=O)(O)OCC(O)COC(=O)CCCCCCCCCCCCCCCCCCCCC/C=C\C/C=C\C/C=C\C/C=C\CCCCC)OC(=O)CCCCCC/C=C\C/C=C\C/C=C\C/C=C\CC. The second-order valence-electron chi connectivity index (χ2n) is 28.6. The number of allylic oxidation sites excluding steroid dienone is 28. The van der Waals surface area contributed by atoms with Crippen molar-refractivity contribution in [3.63, 3.8) is 0 Å². The first kappa shape index (κ1) is 106. The van der Waals surface area contributed by atoms with Crippen molar-refractivity contribution in [2.75, 3.05) is 39.6 Å². The fourth-order valence-corrected chi connectivity index (χ4v) is 13.0. The molecule has 634 valence electrons. The average molecular weight is 1590 g/mol. The van der Waals surface area contributed by atoms with Crippen molar-refractivity contribution in [3.8, 4) is 0 Å². The van der Waals surface area contributed by atoms with Gasteiger partial charge in [0.15, 0.2) is 6.10 Å². The summed E-state index contributed by atoms with van der Waals surface area (Å²) in [6.07, 6.45) is 108. The van der Waals surface area contributed by atoms with Gasteiger partial charge in [-0.3, -0.25) is 32.5 Å². The number of esters is 3. The third kappa shape index (κ3) is 85.6. The van der Waals surface area contributed by atoms with Crippen LogP contribution in [0.3, 0.4) is 0 Å². The molecule has 0 aromatic carbocycles. The molecule has 0 heterocycles. The van der Waals surface area contributed by atoms with E-state index >= 15 is 0 Å². The summed E-state index contributed by atoms with van der Waals surface area (Å²) in [7, 11) is -9.82. The maximum atomic E-state index is 13.0. The number of aliphatic hydroxyl groups is 2. The van der Waals surface area contributed by atoms with Crippen molar-refractivity contribution in [1.29, 1.82) is 0 Å². The van der Waals surface area contributed by atoms with Crippen molar-refractivity contribution in [2.24, 2.45) is 0 Å². The third-order valence-corrected chi connectivity index (χ3v) is 19.8. The van der Waals surface area contributed by atoms with Gasteiger partial charge in [-0.2, -0.15) is 0 Å². The summed E-state index contributed by atoms with van der Waals surface area (Å²) >= 11 is 0. The Balaban J connectivity index is 4.50. The first-order chi connectivity index (χ1) is 54.2. The molecule has 5 atom stereocenters. The Labute approximate surface area is 675 Å². The Morgan fingerprint density at radius 3 is 0.757 bits per heavy atom. The Bertz CT molecular complexity index is 2700. The molecule has 0 radical (unpaired) electrons. The van der Waals surface area contributed by atoms with Gasteiger partial charge < -0.3 is 34.2 Å². The van der Waals surface area contributed by atoms with Gasteiger partial charge in [-0.25, -0.2) is 9.13 Å². The molecule has 0 aliphatic rings. The Kier molecular flexibility index (Phi) is 80.4. The standard InChI is InChI=1S/C93H156O16P2/c1-4-7-10-13-16-19-22-25-28-31-33-35-37-38-39-40-41-42-43-44-45-46-47-48-50-52-53-56-58-61-64-67-70-73-76-79-91(96)103-82-88(94)83-105-110(99,100)106-84-89(95)85-107-111(101,102)108-87-90(109-93(98)81-78-75-72-69-66-63-60-55-30-27-24-21-18-15-12-9-6-3)86-104-92(97)80-77-74-71-68-65-62-59-57-54-51-49-36-34-32-29-26-23-20-17-14-11-8-5-2/h8-9,11-12,16-21,25-30,33-36,38-39,51,54,59-60,62-63,88-90,94-95H,4-7,10,13-15,22-24,31-32,37,40-50,52-53,55-58,61,64-87H2,1-3H3,(H,99,100)(H,101,102)/b11-8-,12-9-,19-16-,20-17-,21-18-,28-25-,29-26-,30-27-,35-33-,36-34-,39-38-,54-51-,62-59-,63-60-. The van der Waals surface area contributed by atoms with E-state index in [0.717, 1.165) is 154 Å². The lowest BCUT2D eigenvalue weighted by Crippen LogP contribution is -2.30. The molecular formula is C93H156O16P2. The van der Waals surface area contributed by atoms with Crippen LogP contribution < -0.4 is 0 Å². The molecule has 16 nitrogen and oxygen atoms in total. The Hall–Kier alpha value is -5.09. The van der Waals surface area contributed by atoms with E-state index in [4.69, 9.17) is 32.3 Å². The number of unbranched alkanes of at least 4 members (excludes halogenated alkanes) is 30. The summed E-state index contributed by atoms with van der Waals surface area (Å²) in [6.45, 7) is 2.38. The second-order valence-corrected chi connectivity index (χ2v) is 31.5. The second kappa shape index (κ2) is 84.3. The normalized spacial score (nSPS) is 14.7. The maximum Gasteiger partial charge on any atom is 0.472 e. The minimum atomic E-state index is -4.95. The lowest BCUT2D eigenvalue weighted by Gasteiger charge is -2.21. The zero-order valence-corrected chi connectivity index (χ0v) is 71.4. The molecule has 0 amide bonds. The zero-order valence-electron chi connectivity index (χ0n) is 69.6. The number of hydrogen-bond acceptors (Lipinski definition) is 14. The summed E-state index contributed by atoms with van der Waals surface area (Å²) in [5, 5.41) is 20.7. The predicted octanol–water partition coefficient (Wildman–Crippen LogP) is 26.3. The number of carbonyl (C=O) groups is 3. The van der Waals surface area contributed by atoms with E-state index < -0.39 is 91.5 Å². The van der Waals surface area contributed by atoms with Crippen LogP contribution in [0.2, 0.25) is 0 Å². The molecule has 0 bridgehead atoms. The fourth-order valence-electron chi connectivity index (χ4n) is 11.4. The van der Waals surface area contributed by atoms with Crippen molar-refractivity contribution in [1.82, 2.24) is 0 Å². The summed E-state index contributed by atoms with van der Waals surface area (Å²) in [5.41, 5.74) is 0. The maximum absolute atomic E-state index is 13.0. The highest BCUT2D eigenvalue weighted by Gasteiger charge is 2.29. The number of phosphoric acid groups is 2. The Morgan fingerprint density at radius 2 is 0.477 bits per heavy atom. The van der Waals surface area contributed by atoms with Crippen molar-refractivity contribution < 1.29 is 75.8 Å². The van der Waals surface area contributed by atoms with Crippen LogP contribution in [-0.4, -0.2) is 95.9 Å². The van der Waals surface area contributed by atoms with Crippen LogP contribution in [-0.2, 0) is 55.8 Å². The van der Waals surface area contributed by atoms with E-state index in [2.05, 4.69) is 191 Å². The molecule has 18 heteroatoms. The summed E-state index contributed by atoms with van der Waals surface area (Å²) in [6, 6.07) is 0. The monoisotopic (exact) mass is 1590 g/mol. The number of hydrogen-bond donors (Lipinski definition) is 4. The zero-order chi connectivity index (χ0) is 80.8. The van der Waals surface area contributed by atoms with Gasteiger partial charge in [0.2, 0.25) is 0 Å². The van der Waals surface area contributed by atoms with E-state index in [1.807, 2.05) is 0 Å². The third-order valence-electron chi connectivity index (χ3n) is 17.9. The van der Waals surface area contributed by atoms with E-state index in [0.29, 0.717) is 19.3 Å². The van der Waals surface area contributed by atoms with Gasteiger partial charge in [-0.05, 0) is 154 Å². The van der Waals surface area contributed by atoms with E-state index in [1.54, 1.807) is 0 Å². The van der Waals surface area contributed by atoms with Gasteiger partial charge in [-0.1, -0.05) is 339 Å². The molecule has 0 spiro atoms.